The van der Waals surface area contributed by atoms with Crippen LogP contribution in [-0.4, -0.2) is 23.3 Å². The summed E-state index contributed by atoms with van der Waals surface area (Å²) in [6, 6.07) is 3.43. The molecule has 1 rings (SSSR count). The van der Waals surface area contributed by atoms with Crippen LogP contribution in [0.2, 0.25) is 0 Å². The minimum absolute atomic E-state index is 0.0372. The smallest absolute Gasteiger partial charge is 0.242 e. The summed E-state index contributed by atoms with van der Waals surface area (Å²) in [6.07, 6.45) is 2.28. The molecule has 0 aromatic carbocycles. The summed E-state index contributed by atoms with van der Waals surface area (Å²) in [4.78, 5) is 11.0. The van der Waals surface area contributed by atoms with Gasteiger partial charge in [-0.15, -0.1) is 0 Å². The molecule has 0 aliphatic heterocycles. The number of carbonyl (C=O) groups excluding carboxylic acids is 1. The van der Waals surface area contributed by atoms with Crippen molar-refractivity contribution in [3.63, 3.8) is 0 Å². The second-order valence-corrected chi connectivity index (χ2v) is 2.86. The Morgan fingerprint density at radius 1 is 1.86 bits per heavy atom. The van der Waals surface area contributed by atoms with Gasteiger partial charge in [0.05, 0.1) is 25.0 Å². The van der Waals surface area contributed by atoms with Crippen molar-refractivity contribution in [1.82, 2.24) is 5.43 Å². The number of amides is 1. The minimum atomic E-state index is -0.659. The zero-order valence-corrected chi connectivity index (χ0v) is 7.80. The lowest BCUT2D eigenvalue weighted by Crippen LogP contribution is -2.21. The Labute approximate surface area is 81.4 Å². The van der Waals surface area contributed by atoms with E-state index in [0.29, 0.717) is 5.76 Å². The largest absolute Gasteiger partial charge is 0.463 e. The Hall–Kier alpha value is -1.62. The fourth-order valence-electron chi connectivity index (χ4n) is 0.847. The van der Waals surface area contributed by atoms with Crippen LogP contribution in [-0.2, 0) is 4.79 Å². The average Bonchev–Trinajstić information content (AvgIpc) is 2.55. The van der Waals surface area contributed by atoms with Crippen molar-refractivity contribution < 1.29 is 14.3 Å². The van der Waals surface area contributed by atoms with Crippen LogP contribution in [0.4, 0.5) is 0 Å². The van der Waals surface area contributed by atoms with Gasteiger partial charge in [-0.3, -0.25) is 4.79 Å². The maximum atomic E-state index is 11.0. The van der Waals surface area contributed by atoms with Crippen LogP contribution in [0.5, 0.6) is 0 Å². The maximum Gasteiger partial charge on any atom is 0.242 e. The van der Waals surface area contributed by atoms with E-state index in [0.717, 1.165) is 0 Å². The Bertz CT molecular complexity index is 304. The number of carbonyl (C=O) groups is 1. The average molecular weight is 196 g/mol. The number of nitrogens with one attached hydrogen (secondary N) is 1. The van der Waals surface area contributed by atoms with Gasteiger partial charge in [-0.2, -0.15) is 5.10 Å². The third kappa shape index (κ3) is 3.86. The molecule has 14 heavy (non-hydrogen) atoms. The van der Waals surface area contributed by atoms with Gasteiger partial charge in [-0.1, -0.05) is 0 Å². The predicted octanol–water partition coefficient (Wildman–Crippen LogP) is 0.501. The maximum absolute atomic E-state index is 11.0. The Balaban J connectivity index is 2.30. The molecule has 0 aliphatic rings. The van der Waals surface area contributed by atoms with Crippen molar-refractivity contribution in [2.24, 2.45) is 5.10 Å². The van der Waals surface area contributed by atoms with Crippen molar-refractivity contribution in [2.75, 3.05) is 0 Å². The van der Waals surface area contributed by atoms with Crippen LogP contribution < -0.4 is 5.43 Å². The quantitative estimate of drug-likeness (QED) is 0.544. The number of rotatable bonds is 4. The highest BCUT2D eigenvalue weighted by Crippen LogP contribution is 1.94. The molecule has 1 amide bonds. The van der Waals surface area contributed by atoms with E-state index in [1.807, 2.05) is 0 Å². The van der Waals surface area contributed by atoms with Crippen LogP contribution in [0, 0.1) is 0 Å². The summed E-state index contributed by atoms with van der Waals surface area (Å²) in [5.74, 6) is 0.227. The summed E-state index contributed by atoms with van der Waals surface area (Å²) in [5.41, 5.74) is 2.26. The molecule has 0 saturated heterocycles. The summed E-state index contributed by atoms with van der Waals surface area (Å²) < 4.78 is 4.95. The van der Waals surface area contributed by atoms with Crippen molar-refractivity contribution in [3.8, 4) is 0 Å². The second-order valence-electron chi connectivity index (χ2n) is 2.86. The zero-order valence-electron chi connectivity index (χ0n) is 7.80. The van der Waals surface area contributed by atoms with Gasteiger partial charge < -0.3 is 9.52 Å². The van der Waals surface area contributed by atoms with Crippen molar-refractivity contribution in [1.29, 1.82) is 0 Å². The second kappa shape index (κ2) is 5.18. The highest BCUT2D eigenvalue weighted by molar-refractivity contribution is 5.80. The lowest BCUT2D eigenvalue weighted by molar-refractivity contribution is -0.122. The minimum Gasteiger partial charge on any atom is -0.463 e. The highest BCUT2D eigenvalue weighted by atomic mass is 16.3. The SMILES string of the molecule is CC(O)CC(=O)NN=Cc1ccco1. The molecule has 76 valence electrons. The summed E-state index contributed by atoms with van der Waals surface area (Å²) in [5, 5.41) is 12.5. The Morgan fingerprint density at radius 2 is 2.64 bits per heavy atom. The fourth-order valence-corrected chi connectivity index (χ4v) is 0.847. The molecule has 1 aromatic rings. The van der Waals surface area contributed by atoms with E-state index in [9.17, 15) is 4.79 Å². The number of furan rings is 1. The van der Waals surface area contributed by atoms with Gasteiger partial charge in [-0.05, 0) is 19.1 Å². The van der Waals surface area contributed by atoms with Crippen molar-refractivity contribution in [2.45, 2.75) is 19.4 Å². The standard InChI is InChI=1S/C9H12N2O3/c1-7(12)5-9(13)11-10-6-8-3-2-4-14-8/h2-4,6-7,12H,5H2,1H3,(H,11,13). The highest BCUT2D eigenvalue weighted by Gasteiger charge is 2.03. The molecule has 5 nitrogen and oxygen atoms in total. The number of aliphatic hydroxyl groups excluding tert-OH is 1. The third-order valence-corrected chi connectivity index (χ3v) is 1.41. The summed E-state index contributed by atoms with van der Waals surface area (Å²) in [7, 11) is 0. The van der Waals surface area contributed by atoms with Gasteiger partial charge in [-0.25, -0.2) is 5.43 Å². The lowest BCUT2D eigenvalue weighted by atomic mass is 10.3. The Kier molecular flexibility index (Phi) is 3.87. The first-order valence-electron chi connectivity index (χ1n) is 4.22. The van der Waals surface area contributed by atoms with E-state index in [4.69, 9.17) is 9.52 Å². The number of hydrazone groups is 1. The molecule has 0 bridgehead atoms. The normalized spacial score (nSPS) is 13.0. The van der Waals surface area contributed by atoms with Crippen LogP contribution in [0.15, 0.2) is 27.9 Å². The molecule has 0 radical (unpaired) electrons. The number of hydrogen-bond donors (Lipinski definition) is 2. The molecule has 5 heteroatoms. The molecule has 0 saturated carbocycles. The summed E-state index contributed by atoms with van der Waals surface area (Å²) in [6.45, 7) is 1.54. The first-order valence-corrected chi connectivity index (χ1v) is 4.22. The van der Waals surface area contributed by atoms with Crippen LogP contribution >= 0.6 is 0 Å². The molecule has 1 unspecified atom stereocenters. The van der Waals surface area contributed by atoms with E-state index >= 15 is 0 Å². The molecule has 1 aromatic heterocycles. The van der Waals surface area contributed by atoms with Crippen LogP contribution in [0.1, 0.15) is 19.1 Å². The van der Waals surface area contributed by atoms with E-state index < -0.39 is 6.10 Å². The number of hydrogen-bond acceptors (Lipinski definition) is 4. The molecule has 1 heterocycles. The van der Waals surface area contributed by atoms with Gasteiger partial charge in [0.1, 0.15) is 5.76 Å². The predicted molar refractivity (Wildman–Crippen MR) is 50.7 cm³/mol. The molecular formula is C9H12N2O3. The molecular weight excluding hydrogens is 184 g/mol. The van der Waals surface area contributed by atoms with Gasteiger partial charge in [0.25, 0.3) is 0 Å². The van der Waals surface area contributed by atoms with E-state index in [-0.39, 0.29) is 12.3 Å². The van der Waals surface area contributed by atoms with Crippen molar-refractivity contribution >= 4 is 12.1 Å². The van der Waals surface area contributed by atoms with E-state index in [1.165, 1.54) is 19.4 Å². The lowest BCUT2D eigenvalue weighted by Gasteiger charge is -2.00. The molecule has 0 fully saturated rings. The molecule has 1 atom stereocenters. The Morgan fingerprint density at radius 3 is 3.21 bits per heavy atom. The molecule has 2 N–H and O–H groups in total. The first-order chi connectivity index (χ1) is 6.68. The fraction of sp³-hybridized carbons (Fsp3) is 0.333. The third-order valence-electron chi connectivity index (χ3n) is 1.41. The summed E-state index contributed by atoms with van der Waals surface area (Å²) >= 11 is 0. The number of nitrogens with zero attached hydrogens (tertiary/aromatic N) is 1. The van der Waals surface area contributed by atoms with Crippen LogP contribution in [0.25, 0.3) is 0 Å². The van der Waals surface area contributed by atoms with Crippen LogP contribution in [0.3, 0.4) is 0 Å². The van der Waals surface area contributed by atoms with Gasteiger partial charge in [0, 0.05) is 0 Å². The van der Waals surface area contributed by atoms with E-state index in [1.54, 1.807) is 12.1 Å². The van der Waals surface area contributed by atoms with E-state index in [2.05, 4.69) is 10.5 Å². The first kappa shape index (κ1) is 10.5. The van der Waals surface area contributed by atoms with Crippen molar-refractivity contribution in [3.05, 3.63) is 24.2 Å². The topological polar surface area (TPSA) is 74.8 Å². The number of aliphatic hydroxyl groups is 1. The zero-order chi connectivity index (χ0) is 10.4. The molecule has 0 spiro atoms. The van der Waals surface area contributed by atoms with Gasteiger partial charge in [0.15, 0.2) is 0 Å². The van der Waals surface area contributed by atoms with Gasteiger partial charge >= 0.3 is 0 Å². The molecule has 0 aliphatic carbocycles. The van der Waals surface area contributed by atoms with Gasteiger partial charge in [0.2, 0.25) is 5.91 Å². The monoisotopic (exact) mass is 196 g/mol.